The van der Waals surface area contributed by atoms with E-state index in [1.807, 2.05) is 12.1 Å². The normalized spacial score (nSPS) is 24.1. The molecule has 0 aliphatic heterocycles. The minimum atomic E-state index is 0.484. The van der Waals surface area contributed by atoms with Gasteiger partial charge in [0.15, 0.2) is 0 Å². The third-order valence-corrected chi connectivity index (χ3v) is 3.90. The van der Waals surface area contributed by atoms with Crippen molar-refractivity contribution >= 4 is 11.6 Å². The molecule has 16 heavy (non-hydrogen) atoms. The zero-order valence-electron chi connectivity index (χ0n) is 10.3. The molecule has 0 amide bonds. The van der Waals surface area contributed by atoms with E-state index in [-0.39, 0.29) is 0 Å². The largest absolute Gasteiger partial charge is 0.310 e. The lowest BCUT2D eigenvalue weighted by molar-refractivity contribution is 0.423. The van der Waals surface area contributed by atoms with Gasteiger partial charge < -0.3 is 5.32 Å². The van der Waals surface area contributed by atoms with Crippen LogP contribution in [0.25, 0.3) is 0 Å². The molecule has 1 aliphatic carbocycles. The van der Waals surface area contributed by atoms with E-state index in [0.717, 1.165) is 17.5 Å². The first-order valence-corrected chi connectivity index (χ1v) is 6.41. The molecule has 1 nitrogen and oxygen atoms in total. The Balaban J connectivity index is 2.17. The van der Waals surface area contributed by atoms with Gasteiger partial charge in [0.25, 0.3) is 0 Å². The highest BCUT2D eigenvalue weighted by atomic mass is 35.5. The average molecular weight is 238 g/mol. The van der Waals surface area contributed by atoms with Crippen LogP contribution in [0.3, 0.4) is 0 Å². The standard InChI is InChI=1S/C14H20ClN/c1-4-16-13(12-9-14(12,2)3)10-5-7-11(15)8-6-10/h5-8,12-13,16H,4,9H2,1-3H3. The lowest BCUT2D eigenvalue weighted by Crippen LogP contribution is -2.24. The Hall–Kier alpha value is -0.530. The summed E-state index contributed by atoms with van der Waals surface area (Å²) >= 11 is 5.92. The van der Waals surface area contributed by atoms with Gasteiger partial charge >= 0.3 is 0 Å². The fraction of sp³-hybridized carbons (Fsp3) is 0.571. The number of halogens is 1. The number of hydrogen-bond acceptors (Lipinski definition) is 1. The van der Waals surface area contributed by atoms with Crippen LogP contribution in [0.5, 0.6) is 0 Å². The van der Waals surface area contributed by atoms with E-state index in [4.69, 9.17) is 11.6 Å². The summed E-state index contributed by atoms with van der Waals surface area (Å²) in [4.78, 5) is 0. The molecule has 88 valence electrons. The molecule has 1 aromatic carbocycles. The van der Waals surface area contributed by atoms with Crippen LogP contribution >= 0.6 is 11.6 Å². The fourth-order valence-corrected chi connectivity index (χ4v) is 2.59. The lowest BCUT2D eigenvalue weighted by Gasteiger charge is -2.20. The summed E-state index contributed by atoms with van der Waals surface area (Å²) in [6.07, 6.45) is 1.31. The number of benzene rings is 1. The molecule has 1 fully saturated rings. The molecule has 1 aromatic rings. The van der Waals surface area contributed by atoms with Crippen molar-refractivity contribution in [1.29, 1.82) is 0 Å². The molecular formula is C14H20ClN. The Kier molecular flexibility index (Phi) is 3.27. The summed E-state index contributed by atoms with van der Waals surface area (Å²) in [6.45, 7) is 7.87. The molecule has 2 atom stereocenters. The smallest absolute Gasteiger partial charge is 0.0406 e. The maximum Gasteiger partial charge on any atom is 0.0406 e. The van der Waals surface area contributed by atoms with Crippen LogP contribution in [0.1, 0.15) is 38.8 Å². The van der Waals surface area contributed by atoms with E-state index >= 15 is 0 Å². The molecule has 1 aliphatic rings. The number of nitrogens with one attached hydrogen (secondary N) is 1. The summed E-state index contributed by atoms with van der Waals surface area (Å²) in [5.41, 5.74) is 1.86. The third-order valence-electron chi connectivity index (χ3n) is 3.65. The van der Waals surface area contributed by atoms with Crippen LogP contribution in [0.4, 0.5) is 0 Å². The van der Waals surface area contributed by atoms with Crippen molar-refractivity contribution in [3.8, 4) is 0 Å². The van der Waals surface area contributed by atoms with E-state index in [1.54, 1.807) is 0 Å². The van der Waals surface area contributed by atoms with E-state index in [2.05, 4.69) is 38.2 Å². The van der Waals surface area contributed by atoms with Gasteiger partial charge in [-0.05, 0) is 42.0 Å². The Morgan fingerprint density at radius 2 is 1.94 bits per heavy atom. The van der Waals surface area contributed by atoms with Crippen LogP contribution < -0.4 is 5.32 Å². The van der Waals surface area contributed by atoms with Gasteiger partial charge in [-0.25, -0.2) is 0 Å². The predicted molar refractivity (Wildman–Crippen MR) is 69.8 cm³/mol. The van der Waals surface area contributed by atoms with Gasteiger partial charge in [-0.15, -0.1) is 0 Å². The fourth-order valence-electron chi connectivity index (χ4n) is 2.46. The van der Waals surface area contributed by atoms with Crippen LogP contribution in [0, 0.1) is 11.3 Å². The molecule has 0 saturated heterocycles. The molecule has 1 saturated carbocycles. The van der Waals surface area contributed by atoms with Crippen molar-refractivity contribution in [2.24, 2.45) is 11.3 Å². The van der Waals surface area contributed by atoms with E-state index in [9.17, 15) is 0 Å². The molecule has 1 N–H and O–H groups in total. The van der Waals surface area contributed by atoms with Gasteiger partial charge in [-0.3, -0.25) is 0 Å². The quantitative estimate of drug-likeness (QED) is 0.834. The van der Waals surface area contributed by atoms with Crippen LogP contribution in [0.15, 0.2) is 24.3 Å². The predicted octanol–water partition coefficient (Wildman–Crippen LogP) is 4.04. The molecule has 0 radical (unpaired) electrons. The number of hydrogen-bond donors (Lipinski definition) is 1. The Labute approximate surface area is 103 Å². The first kappa shape index (κ1) is 11.9. The van der Waals surface area contributed by atoms with E-state index in [1.165, 1.54) is 12.0 Å². The molecule has 2 unspecified atom stereocenters. The second-order valence-corrected chi connectivity index (χ2v) is 5.82. The SMILES string of the molecule is CCNC(c1ccc(Cl)cc1)C1CC1(C)C. The van der Waals surface area contributed by atoms with Gasteiger partial charge in [-0.2, -0.15) is 0 Å². The van der Waals surface area contributed by atoms with Gasteiger partial charge in [0.2, 0.25) is 0 Å². The van der Waals surface area contributed by atoms with Crippen molar-refractivity contribution in [3.05, 3.63) is 34.9 Å². The average Bonchev–Trinajstić information content (AvgIpc) is 2.86. The maximum atomic E-state index is 5.92. The highest BCUT2D eigenvalue weighted by Crippen LogP contribution is 2.57. The summed E-state index contributed by atoms with van der Waals surface area (Å²) in [5, 5.41) is 4.41. The third kappa shape index (κ3) is 2.41. The maximum absolute atomic E-state index is 5.92. The number of rotatable bonds is 4. The summed E-state index contributed by atoms with van der Waals surface area (Å²) < 4.78 is 0. The Morgan fingerprint density at radius 1 is 1.38 bits per heavy atom. The van der Waals surface area contributed by atoms with Crippen LogP contribution in [-0.2, 0) is 0 Å². The summed E-state index contributed by atoms with van der Waals surface area (Å²) in [7, 11) is 0. The van der Waals surface area contributed by atoms with Crippen molar-refractivity contribution in [2.75, 3.05) is 6.54 Å². The van der Waals surface area contributed by atoms with Gasteiger partial charge in [0.1, 0.15) is 0 Å². The monoisotopic (exact) mass is 237 g/mol. The van der Waals surface area contributed by atoms with Gasteiger partial charge in [0.05, 0.1) is 0 Å². The van der Waals surface area contributed by atoms with Crippen molar-refractivity contribution in [3.63, 3.8) is 0 Å². The molecular weight excluding hydrogens is 218 g/mol. The van der Waals surface area contributed by atoms with Crippen LogP contribution in [0.2, 0.25) is 5.02 Å². The second kappa shape index (κ2) is 4.38. The first-order chi connectivity index (χ1) is 7.54. The van der Waals surface area contributed by atoms with Gasteiger partial charge in [-0.1, -0.05) is 44.5 Å². The summed E-state index contributed by atoms with van der Waals surface area (Å²) in [5.74, 6) is 0.758. The zero-order chi connectivity index (χ0) is 11.8. The molecule has 2 rings (SSSR count). The topological polar surface area (TPSA) is 12.0 Å². The molecule has 0 heterocycles. The lowest BCUT2D eigenvalue weighted by atomic mass is 9.97. The van der Waals surface area contributed by atoms with Crippen molar-refractivity contribution in [1.82, 2.24) is 5.32 Å². The molecule has 0 spiro atoms. The second-order valence-electron chi connectivity index (χ2n) is 5.39. The van der Waals surface area contributed by atoms with Crippen molar-refractivity contribution < 1.29 is 0 Å². The van der Waals surface area contributed by atoms with Crippen LogP contribution in [-0.4, -0.2) is 6.54 Å². The molecule has 0 aromatic heterocycles. The van der Waals surface area contributed by atoms with E-state index < -0.39 is 0 Å². The first-order valence-electron chi connectivity index (χ1n) is 6.03. The zero-order valence-corrected chi connectivity index (χ0v) is 11.0. The van der Waals surface area contributed by atoms with Crippen molar-refractivity contribution in [2.45, 2.75) is 33.2 Å². The molecule has 2 heteroatoms. The minimum absolute atomic E-state index is 0.484. The summed E-state index contributed by atoms with van der Waals surface area (Å²) in [6, 6.07) is 8.73. The highest BCUT2D eigenvalue weighted by Gasteiger charge is 2.50. The van der Waals surface area contributed by atoms with Gasteiger partial charge in [0, 0.05) is 11.1 Å². The molecule has 0 bridgehead atoms. The minimum Gasteiger partial charge on any atom is -0.310 e. The Morgan fingerprint density at radius 3 is 2.38 bits per heavy atom. The van der Waals surface area contributed by atoms with E-state index in [0.29, 0.717) is 11.5 Å². The highest BCUT2D eigenvalue weighted by molar-refractivity contribution is 6.30. The Bertz CT molecular complexity index is 356.